The summed E-state index contributed by atoms with van der Waals surface area (Å²) in [5.74, 6) is -1.21. The first-order chi connectivity index (χ1) is 7.20. The summed E-state index contributed by atoms with van der Waals surface area (Å²) in [5, 5.41) is 0. The third-order valence-electron chi connectivity index (χ3n) is 2.70. The second-order valence-electron chi connectivity index (χ2n) is 4.57. The highest BCUT2D eigenvalue weighted by Crippen LogP contribution is 2.23. The molecule has 0 aliphatic rings. The smallest absolute Gasteiger partial charge is 0.312 e. The van der Waals surface area contributed by atoms with Crippen molar-refractivity contribution in [1.29, 1.82) is 0 Å². The SMILES string of the molecule is CCC(C)OC(=O)[C@H](C)C(C)(C)OC(C)=O. The predicted molar refractivity (Wildman–Crippen MR) is 60.9 cm³/mol. The number of carbonyl (C=O) groups excluding carboxylic acids is 2. The van der Waals surface area contributed by atoms with Crippen LogP contribution in [0, 0.1) is 5.92 Å². The number of esters is 2. The van der Waals surface area contributed by atoms with Crippen LogP contribution < -0.4 is 0 Å². The number of ether oxygens (including phenoxy) is 2. The Morgan fingerprint density at radius 2 is 1.75 bits per heavy atom. The minimum absolute atomic E-state index is 0.108. The Hall–Kier alpha value is -1.06. The van der Waals surface area contributed by atoms with Crippen LogP contribution in [-0.4, -0.2) is 23.6 Å². The maximum atomic E-state index is 11.7. The number of carbonyl (C=O) groups is 2. The Morgan fingerprint density at radius 3 is 2.12 bits per heavy atom. The van der Waals surface area contributed by atoms with E-state index in [1.165, 1.54) is 6.92 Å². The first kappa shape index (κ1) is 14.9. The summed E-state index contributed by atoms with van der Waals surface area (Å²) in [5.41, 5.74) is -0.837. The Kier molecular flexibility index (Phi) is 5.48. The molecule has 0 aliphatic heterocycles. The fraction of sp³-hybridized carbons (Fsp3) is 0.833. The summed E-state index contributed by atoms with van der Waals surface area (Å²) in [7, 11) is 0. The highest BCUT2D eigenvalue weighted by atomic mass is 16.6. The lowest BCUT2D eigenvalue weighted by atomic mass is 9.92. The zero-order chi connectivity index (χ0) is 12.9. The average Bonchev–Trinajstić information content (AvgIpc) is 2.14. The molecular weight excluding hydrogens is 208 g/mol. The minimum atomic E-state index is -0.837. The van der Waals surface area contributed by atoms with Crippen molar-refractivity contribution >= 4 is 11.9 Å². The van der Waals surface area contributed by atoms with Gasteiger partial charge in [-0.25, -0.2) is 0 Å². The second kappa shape index (κ2) is 5.87. The molecule has 0 bridgehead atoms. The van der Waals surface area contributed by atoms with E-state index in [0.29, 0.717) is 0 Å². The van der Waals surface area contributed by atoms with Crippen LogP contribution in [0.3, 0.4) is 0 Å². The van der Waals surface area contributed by atoms with Gasteiger partial charge in [-0.2, -0.15) is 0 Å². The van der Waals surface area contributed by atoms with Crippen molar-refractivity contribution < 1.29 is 19.1 Å². The van der Waals surface area contributed by atoms with Gasteiger partial charge >= 0.3 is 11.9 Å². The first-order valence-corrected chi connectivity index (χ1v) is 5.60. The number of hydrogen-bond donors (Lipinski definition) is 0. The fourth-order valence-electron chi connectivity index (χ4n) is 1.13. The Bertz CT molecular complexity index is 258. The molecule has 0 aliphatic carbocycles. The topological polar surface area (TPSA) is 52.6 Å². The summed E-state index contributed by atoms with van der Waals surface area (Å²) < 4.78 is 10.3. The van der Waals surface area contributed by atoms with Gasteiger partial charge in [-0.3, -0.25) is 9.59 Å². The molecule has 1 unspecified atom stereocenters. The Balaban J connectivity index is 4.46. The van der Waals surface area contributed by atoms with E-state index in [2.05, 4.69) is 0 Å². The van der Waals surface area contributed by atoms with Crippen LogP contribution in [0.5, 0.6) is 0 Å². The van der Waals surface area contributed by atoms with Crippen molar-refractivity contribution in [3.63, 3.8) is 0 Å². The van der Waals surface area contributed by atoms with E-state index in [4.69, 9.17) is 9.47 Å². The van der Waals surface area contributed by atoms with E-state index in [0.717, 1.165) is 6.42 Å². The third kappa shape index (κ3) is 4.64. The third-order valence-corrected chi connectivity index (χ3v) is 2.70. The predicted octanol–water partition coefficient (Wildman–Crippen LogP) is 2.31. The van der Waals surface area contributed by atoms with Crippen LogP contribution in [0.15, 0.2) is 0 Å². The van der Waals surface area contributed by atoms with Crippen molar-refractivity contribution in [2.45, 2.75) is 59.7 Å². The second-order valence-corrected chi connectivity index (χ2v) is 4.57. The molecular formula is C12H22O4. The molecule has 0 N–H and O–H groups in total. The molecule has 2 atom stereocenters. The summed E-state index contributed by atoms with van der Waals surface area (Å²) in [6.45, 7) is 10.2. The summed E-state index contributed by atoms with van der Waals surface area (Å²) in [4.78, 5) is 22.6. The lowest BCUT2D eigenvalue weighted by Crippen LogP contribution is -2.40. The van der Waals surface area contributed by atoms with Crippen molar-refractivity contribution in [3.8, 4) is 0 Å². The largest absolute Gasteiger partial charge is 0.462 e. The standard InChI is InChI=1S/C12H22O4/c1-7-8(2)15-11(14)9(3)12(5,6)16-10(4)13/h8-9H,7H2,1-6H3/t8?,9-/m0/s1. The van der Waals surface area contributed by atoms with Gasteiger partial charge in [0.25, 0.3) is 0 Å². The highest BCUT2D eigenvalue weighted by molar-refractivity contribution is 5.74. The van der Waals surface area contributed by atoms with Crippen LogP contribution in [0.25, 0.3) is 0 Å². The minimum Gasteiger partial charge on any atom is -0.462 e. The number of rotatable bonds is 5. The van der Waals surface area contributed by atoms with Gasteiger partial charge < -0.3 is 9.47 Å². The number of hydrogen-bond acceptors (Lipinski definition) is 4. The molecule has 0 aromatic rings. The monoisotopic (exact) mass is 230 g/mol. The molecule has 0 saturated heterocycles. The average molecular weight is 230 g/mol. The Morgan fingerprint density at radius 1 is 1.25 bits per heavy atom. The molecule has 16 heavy (non-hydrogen) atoms. The maximum Gasteiger partial charge on any atom is 0.312 e. The van der Waals surface area contributed by atoms with Gasteiger partial charge in [0.2, 0.25) is 0 Å². The van der Waals surface area contributed by atoms with Crippen LogP contribution >= 0.6 is 0 Å². The quantitative estimate of drug-likeness (QED) is 0.680. The molecule has 4 heteroatoms. The highest BCUT2D eigenvalue weighted by Gasteiger charge is 2.35. The fourth-order valence-corrected chi connectivity index (χ4v) is 1.13. The van der Waals surface area contributed by atoms with Crippen molar-refractivity contribution in [3.05, 3.63) is 0 Å². The lowest BCUT2D eigenvalue weighted by Gasteiger charge is -2.30. The van der Waals surface area contributed by atoms with Crippen LogP contribution in [-0.2, 0) is 19.1 Å². The Labute approximate surface area is 97.3 Å². The van der Waals surface area contributed by atoms with E-state index in [9.17, 15) is 9.59 Å². The summed E-state index contributed by atoms with van der Waals surface area (Å²) in [6, 6.07) is 0. The molecule has 0 rings (SSSR count). The van der Waals surface area contributed by atoms with E-state index < -0.39 is 17.5 Å². The van der Waals surface area contributed by atoms with Crippen LogP contribution in [0.2, 0.25) is 0 Å². The molecule has 0 saturated carbocycles. The normalized spacial score (nSPS) is 15.1. The lowest BCUT2D eigenvalue weighted by molar-refractivity contribution is -0.171. The molecule has 0 aromatic carbocycles. The molecule has 0 heterocycles. The van der Waals surface area contributed by atoms with Crippen molar-refractivity contribution in [1.82, 2.24) is 0 Å². The van der Waals surface area contributed by atoms with Gasteiger partial charge in [-0.05, 0) is 34.1 Å². The molecule has 4 nitrogen and oxygen atoms in total. The molecule has 94 valence electrons. The first-order valence-electron chi connectivity index (χ1n) is 5.60. The molecule has 0 aromatic heterocycles. The van der Waals surface area contributed by atoms with E-state index in [1.807, 2.05) is 13.8 Å². The van der Waals surface area contributed by atoms with Crippen molar-refractivity contribution in [2.75, 3.05) is 0 Å². The maximum absolute atomic E-state index is 11.7. The molecule has 0 radical (unpaired) electrons. The van der Waals surface area contributed by atoms with E-state index in [-0.39, 0.29) is 12.1 Å². The summed E-state index contributed by atoms with van der Waals surface area (Å²) in [6.07, 6.45) is 0.662. The van der Waals surface area contributed by atoms with E-state index in [1.54, 1.807) is 20.8 Å². The van der Waals surface area contributed by atoms with Gasteiger partial charge in [-0.15, -0.1) is 0 Å². The van der Waals surface area contributed by atoms with Gasteiger partial charge in [-0.1, -0.05) is 6.92 Å². The van der Waals surface area contributed by atoms with Crippen LogP contribution in [0.4, 0.5) is 0 Å². The van der Waals surface area contributed by atoms with Gasteiger partial charge in [0, 0.05) is 6.92 Å². The van der Waals surface area contributed by atoms with E-state index >= 15 is 0 Å². The zero-order valence-electron chi connectivity index (χ0n) is 11.0. The molecule has 0 spiro atoms. The van der Waals surface area contributed by atoms with Gasteiger partial charge in [0.05, 0.1) is 12.0 Å². The summed E-state index contributed by atoms with van der Waals surface area (Å²) >= 11 is 0. The molecule has 0 amide bonds. The van der Waals surface area contributed by atoms with Gasteiger partial charge in [0.1, 0.15) is 5.60 Å². The van der Waals surface area contributed by atoms with Crippen molar-refractivity contribution in [2.24, 2.45) is 5.92 Å². The zero-order valence-corrected chi connectivity index (χ0v) is 11.0. The molecule has 0 fully saturated rings. The van der Waals surface area contributed by atoms with Gasteiger partial charge in [0.15, 0.2) is 0 Å². The van der Waals surface area contributed by atoms with Crippen LogP contribution in [0.1, 0.15) is 48.0 Å².